The van der Waals surface area contributed by atoms with Crippen molar-refractivity contribution in [1.82, 2.24) is 5.32 Å². The van der Waals surface area contributed by atoms with Crippen LogP contribution < -0.4 is 16.8 Å². The third-order valence-electron chi connectivity index (χ3n) is 4.62. The van der Waals surface area contributed by atoms with E-state index in [1.54, 1.807) is 0 Å². The van der Waals surface area contributed by atoms with E-state index in [0.717, 1.165) is 6.29 Å². The molecule has 0 saturated heterocycles. The Balaban J connectivity index is 2.07. The fraction of sp³-hybridized carbons (Fsp3) is 0.722. The largest absolute Gasteiger partial charge is 0.480 e. The van der Waals surface area contributed by atoms with Gasteiger partial charge in [-0.25, -0.2) is 9.98 Å². The smallest absolute Gasteiger partial charge is 0.245 e. The Kier molecular flexibility index (Phi) is 9.39. The number of aldehydes is 1. The van der Waals surface area contributed by atoms with E-state index in [2.05, 4.69) is 27.9 Å². The fourth-order valence-electron chi connectivity index (χ4n) is 3.00. The first-order chi connectivity index (χ1) is 13.9. The van der Waals surface area contributed by atoms with E-state index in [1.807, 2.05) is 0 Å². The lowest BCUT2D eigenvalue weighted by atomic mass is 10.1. The van der Waals surface area contributed by atoms with Gasteiger partial charge in [0.15, 0.2) is 0 Å². The van der Waals surface area contributed by atoms with Gasteiger partial charge in [-0.1, -0.05) is 0 Å². The van der Waals surface area contributed by atoms with Crippen molar-refractivity contribution in [3.8, 4) is 0 Å². The molecule has 0 fully saturated rings. The summed E-state index contributed by atoms with van der Waals surface area (Å²) >= 11 is 4.29. The molecule has 4 atom stereocenters. The highest BCUT2D eigenvalue weighted by Gasteiger charge is 2.29. The number of carbonyl (C=O) groups excluding carboxylic acids is 3. The molecule has 2 amide bonds. The predicted molar refractivity (Wildman–Crippen MR) is 111 cm³/mol. The van der Waals surface area contributed by atoms with Crippen LogP contribution in [0.1, 0.15) is 38.5 Å². The third kappa shape index (κ3) is 7.32. The van der Waals surface area contributed by atoms with E-state index in [-0.39, 0.29) is 24.0 Å². The molecule has 2 rings (SSSR count). The standard InChI is InChI=1S/C18H29N5O5S/c19-12(5-6-15(20)25)17-23-13(4-2-8-27-17)16(26)22-14(10-29)18-21-11(9-24)3-1-7-28-18/h9,11-14,29H,1-8,10,19H2,(H2,20,25)(H,22,26)/t11?,12?,13?,14-/m0/s1. The molecule has 0 saturated carbocycles. The molecule has 0 aromatic rings. The summed E-state index contributed by atoms with van der Waals surface area (Å²) in [6.45, 7) is 0.817. The van der Waals surface area contributed by atoms with Crippen molar-refractivity contribution < 1.29 is 23.9 Å². The molecule has 10 nitrogen and oxygen atoms in total. The van der Waals surface area contributed by atoms with Crippen molar-refractivity contribution in [2.75, 3.05) is 19.0 Å². The monoisotopic (exact) mass is 427 g/mol. The summed E-state index contributed by atoms with van der Waals surface area (Å²) in [5.74, 6) is 0.0185. The summed E-state index contributed by atoms with van der Waals surface area (Å²) in [7, 11) is 0. The number of carbonyl (C=O) groups is 3. The number of primary amides is 1. The first-order valence-electron chi connectivity index (χ1n) is 9.76. The van der Waals surface area contributed by atoms with Gasteiger partial charge in [-0.15, -0.1) is 0 Å². The molecule has 0 spiro atoms. The van der Waals surface area contributed by atoms with Crippen LogP contribution in [0.15, 0.2) is 9.98 Å². The summed E-state index contributed by atoms with van der Waals surface area (Å²) in [5, 5.41) is 2.85. The average molecular weight is 428 g/mol. The number of ether oxygens (including phenoxy) is 2. The topological polar surface area (TPSA) is 158 Å². The second kappa shape index (κ2) is 11.8. The molecule has 0 radical (unpaired) electrons. The minimum atomic E-state index is -0.692. The molecule has 0 aromatic heterocycles. The van der Waals surface area contributed by atoms with Gasteiger partial charge in [-0.3, -0.25) is 9.59 Å². The molecule has 162 valence electrons. The summed E-state index contributed by atoms with van der Waals surface area (Å²) in [6.07, 6.45) is 3.61. The lowest BCUT2D eigenvalue weighted by Crippen LogP contribution is -2.47. The summed E-state index contributed by atoms with van der Waals surface area (Å²) in [5.41, 5.74) is 11.2. The van der Waals surface area contributed by atoms with E-state index < -0.39 is 30.1 Å². The number of nitrogens with one attached hydrogen (secondary N) is 1. The van der Waals surface area contributed by atoms with Crippen LogP contribution in [0.3, 0.4) is 0 Å². The molecule has 11 heteroatoms. The quantitative estimate of drug-likeness (QED) is 0.283. The van der Waals surface area contributed by atoms with Gasteiger partial charge in [0.05, 0.1) is 19.3 Å². The first-order valence-corrected chi connectivity index (χ1v) is 10.4. The molecule has 0 aliphatic carbocycles. The Morgan fingerprint density at radius 1 is 1.21 bits per heavy atom. The van der Waals surface area contributed by atoms with Crippen molar-refractivity contribution in [2.24, 2.45) is 21.5 Å². The number of thiol groups is 1. The van der Waals surface area contributed by atoms with Crippen molar-refractivity contribution in [3.63, 3.8) is 0 Å². The lowest BCUT2D eigenvalue weighted by Gasteiger charge is -2.21. The zero-order valence-corrected chi connectivity index (χ0v) is 17.2. The summed E-state index contributed by atoms with van der Waals surface area (Å²) in [6, 6.07) is -2.36. The van der Waals surface area contributed by atoms with Crippen molar-refractivity contribution in [2.45, 2.75) is 62.7 Å². The molecule has 2 heterocycles. The van der Waals surface area contributed by atoms with Crippen LogP contribution in [0.2, 0.25) is 0 Å². The van der Waals surface area contributed by atoms with Gasteiger partial charge in [0.1, 0.15) is 24.4 Å². The lowest BCUT2D eigenvalue weighted by molar-refractivity contribution is -0.122. The number of nitrogens with zero attached hydrogens (tertiary/aromatic N) is 2. The van der Waals surface area contributed by atoms with E-state index in [4.69, 9.17) is 20.9 Å². The maximum Gasteiger partial charge on any atom is 0.245 e. The van der Waals surface area contributed by atoms with Gasteiger partial charge in [-0.2, -0.15) is 12.6 Å². The SMILES string of the molecule is NC(=O)CCC(N)C1=NC(C(=O)N[C@@H](CS)C2=NC(C=O)CCCO2)CCCO1. The Bertz CT molecular complexity index is 657. The minimum absolute atomic E-state index is 0.108. The molecular weight excluding hydrogens is 398 g/mol. The van der Waals surface area contributed by atoms with E-state index in [0.29, 0.717) is 51.2 Å². The maximum atomic E-state index is 12.8. The molecule has 2 aliphatic rings. The van der Waals surface area contributed by atoms with Crippen LogP contribution in [-0.4, -0.2) is 73.0 Å². The number of nitrogens with two attached hydrogens (primary N) is 2. The Labute approximate surface area is 175 Å². The molecule has 3 unspecified atom stereocenters. The zero-order valence-electron chi connectivity index (χ0n) is 16.3. The van der Waals surface area contributed by atoms with Gasteiger partial charge >= 0.3 is 0 Å². The highest BCUT2D eigenvalue weighted by atomic mass is 32.1. The number of rotatable bonds is 9. The van der Waals surface area contributed by atoms with E-state index >= 15 is 0 Å². The number of amides is 2. The van der Waals surface area contributed by atoms with Gasteiger partial charge in [0.2, 0.25) is 23.6 Å². The molecule has 2 aliphatic heterocycles. The van der Waals surface area contributed by atoms with Gasteiger partial charge in [0.25, 0.3) is 0 Å². The Morgan fingerprint density at radius 3 is 2.55 bits per heavy atom. The predicted octanol–water partition coefficient (Wildman–Crippen LogP) is -0.652. The zero-order chi connectivity index (χ0) is 21.2. The van der Waals surface area contributed by atoms with Crippen molar-refractivity contribution in [1.29, 1.82) is 0 Å². The maximum absolute atomic E-state index is 12.8. The first kappa shape index (κ1) is 23.1. The molecule has 0 aromatic carbocycles. The summed E-state index contributed by atoms with van der Waals surface area (Å²) in [4.78, 5) is 43.6. The van der Waals surface area contributed by atoms with E-state index in [1.165, 1.54) is 0 Å². The van der Waals surface area contributed by atoms with Crippen LogP contribution in [0, 0.1) is 0 Å². The Hall–Kier alpha value is -2.14. The van der Waals surface area contributed by atoms with Crippen LogP contribution in [-0.2, 0) is 23.9 Å². The van der Waals surface area contributed by atoms with Crippen LogP contribution in [0.25, 0.3) is 0 Å². The van der Waals surface area contributed by atoms with Crippen molar-refractivity contribution in [3.05, 3.63) is 0 Å². The van der Waals surface area contributed by atoms with Crippen LogP contribution in [0.4, 0.5) is 0 Å². The van der Waals surface area contributed by atoms with Crippen LogP contribution >= 0.6 is 12.6 Å². The highest BCUT2D eigenvalue weighted by Crippen LogP contribution is 2.14. The highest BCUT2D eigenvalue weighted by molar-refractivity contribution is 7.80. The van der Waals surface area contributed by atoms with Crippen molar-refractivity contribution >= 4 is 42.5 Å². The molecule has 5 N–H and O–H groups in total. The number of aliphatic imine (C=N–C) groups is 2. The average Bonchev–Trinajstić information content (AvgIpc) is 3.10. The second-order valence-electron chi connectivity index (χ2n) is 6.99. The fourth-order valence-corrected chi connectivity index (χ4v) is 3.25. The van der Waals surface area contributed by atoms with Crippen LogP contribution in [0.5, 0.6) is 0 Å². The third-order valence-corrected chi connectivity index (χ3v) is 4.98. The molecule has 0 bridgehead atoms. The summed E-state index contributed by atoms with van der Waals surface area (Å²) < 4.78 is 11.2. The van der Waals surface area contributed by atoms with E-state index in [9.17, 15) is 14.4 Å². The second-order valence-corrected chi connectivity index (χ2v) is 7.36. The van der Waals surface area contributed by atoms with Gasteiger partial charge in [0, 0.05) is 12.2 Å². The molecular formula is C18H29N5O5S. The Morgan fingerprint density at radius 2 is 1.90 bits per heavy atom. The normalized spacial score (nSPS) is 24.3. The molecule has 29 heavy (non-hydrogen) atoms. The minimum Gasteiger partial charge on any atom is -0.480 e. The number of hydrogen-bond donors (Lipinski definition) is 4. The van der Waals surface area contributed by atoms with Gasteiger partial charge in [-0.05, 0) is 32.1 Å². The number of hydrogen-bond acceptors (Lipinski definition) is 9. The van der Waals surface area contributed by atoms with Gasteiger partial charge < -0.3 is 31.1 Å².